The van der Waals surface area contributed by atoms with Gasteiger partial charge in [-0.1, -0.05) is 42.0 Å². The maximum Gasteiger partial charge on any atom is 0.322 e. The Kier molecular flexibility index (Phi) is 4.37. The SMILES string of the molecule is Cc1ccc(N(C(=O)NC2Cc3ccccc3C2)C(C)C)cc1. The monoisotopic (exact) mass is 308 g/mol. The normalized spacial score (nSPS) is 13.9. The van der Waals surface area contributed by atoms with Crippen molar-refractivity contribution in [3.63, 3.8) is 0 Å². The van der Waals surface area contributed by atoms with E-state index < -0.39 is 0 Å². The van der Waals surface area contributed by atoms with Gasteiger partial charge in [-0.05, 0) is 56.9 Å². The van der Waals surface area contributed by atoms with E-state index in [1.54, 1.807) is 0 Å². The molecule has 2 aromatic carbocycles. The number of nitrogens with one attached hydrogen (secondary N) is 1. The summed E-state index contributed by atoms with van der Waals surface area (Å²) < 4.78 is 0. The summed E-state index contributed by atoms with van der Waals surface area (Å²) in [6.07, 6.45) is 1.84. The minimum absolute atomic E-state index is 0.0124. The Balaban J connectivity index is 1.72. The average Bonchev–Trinajstić information content (AvgIpc) is 2.91. The van der Waals surface area contributed by atoms with Crippen molar-refractivity contribution in [1.29, 1.82) is 0 Å². The second-order valence-electron chi connectivity index (χ2n) is 6.62. The van der Waals surface area contributed by atoms with Crippen LogP contribution < -0.4 is 10.2 Å². The van der Waals surface area contributed by atoms with Crippen LogP contribution in [0, 0.1) is 6.92 Å². The van der Waals surface area contributed by atoms with Gasteiger partial charge in [-0.3, -0.25) is 4.90 Å². The van der Waals surface area contributed by atoms with Crippen molar-refractivity contribution >= 4 is 11.7 Å². The number of aryl methyl sites for hydroxylation is 1. The zero-order valence-electron chi connectivity index (χ0n) is 14.0. The predicted octanol–water partition coefficient (Wildman–Crippen LogP) is 4.09. The lowest BCUT2D eigenvalue weighted by molar-refractivity contribution is 0.241. The van der Waals surface area contributed by atoms with E-state index >= 15 is 0 Å². The van der Waals surface area contributed by atoms with Crippen molar-refractivity contribution in [3.8, 4) is 0 Å². The molecule has 23 heavy (non-hydrogen) atoms. The van der Waals surface area contributed by atoms with E-state index in [0.717, 1.165) is 18.5 Å². The van der Waals surface area contributed by atoms with Crippen molar-refractivity contribution in [3.05, 3.63) is 65.2 Å². The molecule has 3 nitrogen and oxygen atoms in total. The van der Waals surface area contributed by atoms with Crippen molar-refractivity contribution in [1.82, 2.24) is 5.32 Å². The maximum atomic E-state index is 12.8. The first-order valence-electron chi connectivity index (χ1n) is 8.28. The second-order valence-corrected chi connectivity index (χ2v) is 6.62. The van der Waals surface area contributed by atoms with Crippen LogP contribution in [-0.4, -0.2) is 18.1 Å². The van der Waals surface area contributed by atoms with Crippen LogP contribution in [0.5, 0.6) is 0 Å². The molecule has 1 aliphatic carbocycles. The summed E-state index contributed by atoms with van der Waals surface area (Å²) in [5, 5.41) is 3.21. The molecule has 2 aromatic rings. The van der Waals surface area contributed by atoms with Gasteiger partial charge in [0.05, 0.1) is 0 Å². The maximum absolute atomic E-state index is 12.8. The zero-order valence-corrected chi connectivity index (χ0v) is 14.0. The molecule has 0 saturated heterocycles. The number of urea groups is 1. The van der Waals surface area contributed by atoms with Gasteiger partial charge in [-0.2, -0.15) is 0 Å². The molecule has 3 heteroatoms. The lowest BCUT2D eigenvalue weighted by atomic mass is 10.1. The Labute approximate surface area is 138 Å². The number of amides is 2. The standard InChI is InChI=1S/C20H24N2O/c1-14(2)22(19-10-8-15(3)9-11-19)20(23)21-18-12-16-6-4-5-7-17(16)13-18/h4-11,14,18H,12-13H2,1-3H3,(H,21,23). The third-order valence-electron chi connectivity index (χ3n) is 4.43. The Bertz CT molecular complexity index is 666. The van der Waals surface area contributed by atoms with E-state index in [2.05, 4.69) is 36.5 Å². The molecule has 1 aliphatic rings. The summed E-state index contributed by atoms with van der Waals surface area (Å²) in [5.74, 6) is 0. The van der Waals surface area contributed by atoms with Crippen LogP contribution in [0.4, 0.5) is 10.5 Å². The lowest BCUT2D eigenvalue weighted by Gasteiger charge is -2.28. The van der Waals surface area contributed by atoms with E-state index in [0.29, 0.717) is 0 Å². The topological polar surface area (TPSA) is 32.3 Å². The molecular weight excluding hydrogens is 284 g/mol. The van der Waals surface area contributed by atoms with Crippen molar-refractivity contribution in [2.24, 2.45) is 0 Å². The number of rotatable bonds is 3. The highest BCUT2D eigenvalue weighted by Gasteiger charge is 2.26. The van der Waals surface area contributed by atoms with Gasteiger partial charge in [0.15, 0.2) is 0 Å². The van der Waals surface area contributed by atoms with Gasteiger partial charge in [0.25, 0.3) is 0 Å². The second kappa shape index (κ2) is 6.45. The van der Waals surface area contributed by atoms with Crippen LogP contribution in [-0.2, 0) is 12.8 Å². The summed E-state index contributed by atoms with van der Waals surface area (Å²) in [7, 11) is 0. The fraction of sp³-hybridized carbons (Fsp3) is 0.350. The first-order chi connectivity index (χ1) is 11.0. The third-order valence-corrected chi connectivity index (χ3v) is 4.43. The molecule has 0 fully saturated rings. The highest BCUT2D eigenvalue weighted by Crippen LogP contribution is 2.23. The molecule has 0 bridgehead atoms. The van der Waals surface area contributed by atoms with E-state index in [4.69, 9.17) is 0 Å². The quantitative estimate of drug-likeness (QED) is 0.910. The molecule has 1 N–H and O–H groups in total. The van der Waals surface area contributed by atoms with Crippen LogP contribution in [0.3, 0.4) is 0 Å². The molecule has 120 valence electrons. The van der Waals surface area contributed by atoms with Gasteiger partial charge in [0, 0.05) is 17.8 Å². The van der Waals surface area contributed by atoms with Crippen molar-refractivity contribution in [2.45, 2.75) is 45.7 Å². The number of fused-ring (bicyclic) bond motifs is 1. The Hall–Kier alpha value is -2.29. The summed E-state index contributed by atoms with van der Waals surface area (Å²) in [5.41, 5.74) is 4.84. The predicted molar refractivity (Wildman–Crippen MR) is 95.0 cm³/mol. The van der Waals surface area contributed by atoms with Crippen molar-refractivity contribution < 1.29 is 4.79 Å². The minimum atomic E-state index is -0.0124. The van der Waals surface area contributed by atoms with Crippen LogP contribution in [0.15, 0.2) is 48.5 Å². The first kappa shape index (κ1) is 15.6. The van der Waals surface area contributed by atoms with Crippen LogP contribution in [0.25, 0.3) is 0 Å². The van der Waals surface area contributed by atoms with E-state index in [1.165, 1.54) is 16.7 Å². The van der Waals surface area contributed by atoms with Gasteiger partial charge in [0.1, 0.15) is 0 Å². The number of anilines is 1. The fourth-order valence-electron chi connectivity index (χ4n) is 3.26. The van der Waals surface area contributed by atoms with E-state index in [1.807, 2.05) is 43.0 Å². The summed E-state index contributed by atoms with van der Waals surface area (Å²) in [6, 6.07) is 16.8. The minimum Gasteiger partial charge on any atom is -0.334 e. The molecule has 0 unspecified atom stereocenters. The van der Waals surface area contributed by atoms with Crippen LogP contribution in [0.1, 0.15) is 30.5 Å². The zero-order chi connectivity index (χ0) is 16.4. The molecule has 0 saturated carbocycles. The summed E-state index contributed by atoms with van der Waals surface area (Å²) in [4.78, 5) is 14.6. The molecule has 2 amide bonds. The molecular formula is C20H24N2O. The van der Waals surface area contributed by atoms with Crippen LogP contribution in [0.2, 0.25) is 0 Å². The number of carbonyl (C=O) groups is 1. The Morgan fingerprint density at radius 1 is 1.04 bits per heavy atom. The molecule has 3 rings (SSSR count). The third kappa shape index (κ3) is 3.39. The van der Waals surface area contributed by atoms with E-state index in [9.17, 15) is 4.79 Å². The number of nitrogens with zero attached hydrogens (tertiary/aromatic N) is 1. The van der Waals surface area contributed by atoms with E-state index in [-0.39, 0.29) is 18.1 Å². The fourth-order valence-corrected chi connectivity index (χ4v) is 3.26. The van der Waals surface area contributed by atoms with Gasteiger partial charge in [-0.15, -0.1) is 0 Å². The van der Waals surface area contributed by atoms with Crippen LogP contribution >= 0.6 is 0 Å². The first-order valence-corrected chi connectivity index (χ1v) is 8.28. The van der Waals surface area contributed by atoms with Gasteiger partial charge >= 0.3 is 6.03 Å². The number of hydrogen-bond donors (Lipinski definition) is 1. The van der Waals surface area contributed by atoms with Crippen molar-refractivity contribution in [2.75, 3.05) is 4.90 Å². The summed E-state index contributed by atoms with van der Waals surface area (Å²) in [6.45, 7) is 6.14. The largest absolute Gasteiger partial charge is 0.334 e. The highest BCUT2D eigenvalue weighted by atomic mass is 16.2. The molecule has 0 radical (unpaired) electrons. The molecule has 0 aliphatic heterocycles. The smallest absolute Gasteiger partial charge is 0.322 e. The van der Waals surface area contributed by atoms with Gasteiger partial charge in [0.2, 0.25) is 0 Å². The lowest BCUT2D eigenvalue weighted by Crippen LogP contribution is -2.48. The molecule has 0 aromatic heterocycles. The Morgan fingerprint density at radius 2 is 1.61 bits per heavy atom. The average molecular weight is 308 g/mol. The Morgan fingerprint density at radius 3 is 2.13 bits per heavy atom. The van der Waals surface area contributed by atoms with Gasteiger partial charge < -0.3 is 5.32 Å². The number of hydrogen-bond acceptors (Lipinski definition) is 1. The molecule has 0 atom stereocenters. The molecule has 0 heterocycles. The molecule has 0 spiro atoms. The number of carbonyl (C=O) groups excluding carboxylic acids is 1. The summed E-state index contributed by atoms with van der Waals surface area (Å²) >= 11 is 0. The number of benzene rings is 2. The highest BCUT2D eigenvalue weighted by molar-refractivity contribution is 5.92. The van der Waals surface area contributed by atoms with Gasteiger partial charge in [-0.25, -0.2) is 4.79 Å².